The summed E-state index contributed by atoms with van der Waals surface area (Å²) in [6.45, 7) is 11.2. The molecule has 1 atom stereocenters. The summed E-state index contributed by atoms with van der Waals surface area (Å²) in [6.07, 6.45) is 0. The largest absolute Gasteiger partial charge is 0.231 e. The Balaban J connectivity index is 3.13. The number of hydrogen-bond donors (Lipinski definition) is 0. The predicted octanol–water partition coefficient (Wildman–Crippen LogP) is 3.30. The van der Waals surface area contributed by atoms with E-state index in [4.69, 9.17) is 5.26 Å². The van der Waals surface area contributed by atoms with Gasteiger partial charge in [-0.1, -0.05) is 26.6 Å². The van der Waals surface area contributed by atoms with Gasteiger partial charge in [0.2, 0.25) is 0 Å². The number of nitrogens with zero attached hydrogens (tertiary/aromatic N) is 2. The fourth-order valence-electron chi connectivity index (χ4n) is 1.21. The molecule has 1 rings (SSSR count). The molecule has 1 aromatic rings. The maximum Gasteiger partial charge on any atom is 0.154 e. The summed E-state index contributed by atoms with van der Waals surface area (Å²) < 4.78 is 0. The van der Waals surface area contributed by atoms with Crippen LogP contribution in [0.15, 0.2) is 0 Å². The van der Waals surface area contributed by atoms with Crippen molar-refractivity contribution >= 4 is 19.4 Å². The van der Waals surface area contributed by atoms with E-state index >= 15 is 0 Å². The molecule has 76 valence electrons. The van der Waals surface area contributed by atoms with E-state index in [-0.39, 0.29) is 0 Å². The molecule has 0 saturated carbocycles. The van der Waals surface area contributed by atoms with Gasteiger partial charge in [-0.25, -0.2) is 4.98 Å². The van der Waals surface area contributed by atoms with Gasteiger partial charge in [0.15, 0.2) is 5.69 Å². The van der Waals surface area contributed by atoms with Crippen LogP contribution in [-0.2, 0) is 0 Å². The van der Waals surface area contributed by atoms with Crippen LogP contribution >= 0.6 is 11.3 Å². The van der Waals surface area contributed by atoms with Crippen LogP contribution in [0.2, 0.25) is 19.6 Å². The van der Waals surface area contributed by atoms with Gasteiger partial charge in [0.1, 0.15) is 6.07 Å². The molecule has 0 amide bonds. The van der Waals surface area contributed by atoms with E-state index in [1.54, 1.807) is 11.3 Å². The number of aromatic nitrogens is 1. The Bertz CT molecular complexity index is 370. The Morgan fingerprint density at radius 1 is 1.43 bits per heavy atom. The molecule has 0 aromatic carbocycles. The summed E-state index contributed by atoms with van der Waals surface area (Å²) in [4.78, 5) is 5.43. The number of rotatable bonds is 2. The Labute approximate surface area is 90.6 Å². The molecule has 0 aliphatic carbocycles. The summed E-state index contributed by atoms with van der Waals surface area (Å²) in [6, 6.07) is 2.19. The van der Waals surface area contributed by atoms with E-state index in [2.05, 4.69) is 37.6 Å². The fraction of sp³-hybridized carbons (Fsp3) is 0.600. The van der Waals surface area contributed by atoms with E-state index in [1.165, 1.54) is 4.88 Å². The van der Waals surface area contributed by atoms with E-state index in [9.17, 15) is 0 Å². The molecule has 0 spiro atoms. The standard InChI is InChI=1S/C10H16N2SSi/c1-7(14(3,4)5)10-9(6-11)12-8(2)13-10/h7H,1-5H3. The zero-order chi connectivity index (χ0) is 10.9. The van der Waals surface area contributed by atoms with Crippen molar-refractivity contribution in [3.63, 3.8) is 0 Å². The van der Waals surface area contributed by atoms with Crippen LogP contribution in [0, 0.1) is 18.3 Å². The van der Waals surface area contributed by atoms with Gasteiger partial charge in [-0.15, -0.1) is 11.3 Å². The van der Waals surface area contributed by atoms with Gasteiger partial charge in [-0.2, -0.15) is 5.26 Å². The van der Waals surface area contributed by atoms with E-state index in [0.717, 1.165) is 5.01 Å². The molecule has 4 heteroatoms. The molecule has 0 N–H and O–H groups in total. The molecule has 1 unspecified atom stereocenters. The summed E-state index contributed by atoms with van der Waals surface area (Å²) >= 11 is 1.68. The minimum Gasteiger partial charge on any atom is -0.231 e. The molecule has 0 radical (unpaired) electrons. The normalized spacial score (nSPS) is 13.7. The minimum absolute atomic E-state index is 0.517. The van der Waals surface area contributed by atoms with Crippen LogP contribution in [0.3, 0.4) is 0 Å². The van der Waals surface area contributed by atoms with Crippen molar-refractivity contribution in [3.05, 3.63) is 15.6 Å². The first-order valence-corrected chi connectivity index (χ1v) is 9.13. The molecule has 2 nitrogen and oxygen atoms in total. The third-order valence-electron chi connectivity index (χ3n) is 2.56. The van der Waals surface area contributed by atoms with Gasteiger partial charge in [-0.3, -0.25) is 0 Å². The highest BCUT2D eigenvalue weighted by atomic mass is 32.1. The lowest BCUT2D eigenvalue weighted by atomic mass is 10.3. The lowest BCUT2D eigenvalue weighted by Gasteiger charge is -2.23. The molecule has 1 aromatic heterocycles. The molecule has 0 aliphatic rings. The highest BCUT2D eigenvalue weighted by Crippen LogP contribution is 2.32. The van der Waals surface area contributed by atoms with Crippen molar-refractivity contribution in [2.24, 2.45) is 0 Å². The summed E-state index contributed by atoms with van der Waals surface area (Å²) in [5.74, 6) is 0. The maximum absolute atomic E-state index is 8.96. The number of nitriles is 1. The molecule has 1 heterocycles. The van der Waals surface area contributed by atoms with Crippen molar-refractivity contribution in [2.75, 3.05) is 0 Å². The zero-order valence-corrected chi connectivity index (χ0v) is 11.2. The Hall–Kier alpha value is -0.663. The van der Waals surface area contributed by atoms with Crippen LogP contribution in [-0.4, -0.2) is 13.1 Å². The topological polar surface area (TPSA) is 36.7 Å². The first-order valence-electron chi connectivity index (χ1n) is 4.73. The van der Waals surface area contributed by atoms with Gasteiger partial charge in [-0.05, 0) is 12.5 Å². The van der Waals surface area contributed by atoms with Crippen molar-refractivity contribution in [1.29, 1.82) is 5.26 Å². The van der Waals surface area contributed by atoms with Crippen LogP contribution in [0.5, 0.6) is 0 Å². The Kier molecular flexibility index (Phi) is 3.13. The molecule has 14 heavy (non-hydrogen) atoms. The van der Waals surface area contributed by atoms with Crippen LogP contribution in [0.25, 0.3) is 0 Å². The Morgan fingerprint density at radius 2 is 2.00 bits per heavy atom. The first kappa shape index (κ1) is 11.4. The van der Waals surface area contributed by atoms with Crippen molar-refractivity contribution in [2.45, 2.75) is 39.0 Å². The highest BCUT2D eigenvalue weighted by molar-refractivity contribution is 7.12. The second kappa shape index (κ2) is 3.83. The van der Waals surface area contributed by atoms with Crippen LogP contribution in [0.4, 0.5) is 0 Å². The second-order valence-electron chi connectivity index (χ2n) is 4.65. The molecule has 0 aliphatic heterocycles. The molecule has 0 saturated heterocycles. The summed E-state index contributed by atoms with van der Waals surface area (Å²) in [5, 5.41) is 9.96. The van der Waals surface area contributed by atoms with E-state index in [1.807, 2.05) is 6.92 Å². The third kappa shape index (κ3) is 2.22. The molecule has 0 bridgehead atoms. The van der Waals surface area contributed by atoms with Gasteiger partial charge < -0.3 is 0 Å². The number of aryl methyl sites for hydroxylation is 1. The van der Waals surface area contributed by atoms with Crippen molar-refractivity contribution < 1.29 is 0 Å². The molecular weight excluding hydrogens is 208 g/mol. The van der Waals surface area contributed by atoms with Crippen LogP contribution < -0.4 is 0 Å². The third-order valence-corrected chi connectivity index (χ3v) is 6.81. The number of hydrogen-bond acceptors (Lipinski definition) is 3. The number of thiazole rings is 1. The lowest BCUT2D eigenvalue weighted by molar-refractivity contribution is 1.03. The second-order valence-corrected chi connectivity index (χ2v) is 11.5. The zero-order valence-electron chi connectivity index (χ0n) is 9.38. The lowest BCUT2D eigenvalue weighted by Crippen LogP contribution is -2.28. The fourth-order valence-corrected chi connectivity index (χ4v) is 4.19. The molecule has 0 fully saturated rings. The average Bonchev–Trinajstić information content (AvgIpc) is 2.43. The van der Waals surface area contributed by atoms with Gasteiger partial charge in [0.25, 0.3) is 0 Å². The predicted molar refractivity (Wildman–Crippen MR) is 63.3 cm³/mol. The van der Waals surface area contributed by atoms with Crippen molar-refractivity contribution in [3.8, 4) is 6.07 Å². The maximum atomic E-state index is 8.96. The smallest absolute Gasteiger partial charge is 0.154 e. The van der Waals surface area contributed by atoms with E-state index in [0.29, 0.717) is 11.2 Å². The van der Waals surface area contributed by atoms with Gasteiger partial charge in [0.05, 0.1) is 13.1 Å². The Morgan fingerprint density at radius 3 is 2.43 bits per heavy atom. The van der Waals surface area contributed by atoms with Gasteiger partial charge in [0, 0.05) is 4.88 Å². The SMILES string of the molecule is Cc1nc(C#N)c(C(C)[Si](C)(C)C)s1. The average molecular weight is 224 g/mol. The monoisotopic (exact) mass is 224 g/mol. The minimum atomic E-state index is -1.22. The quantitative estimate of drug-likeness (QED) is 0.723. The summed E-state index contributed by atoms with van der Waals surface area (Å²) in [5.41, 5.74) is 1.16. The first-order chi connectivity index (χ1) is 6.36. The van der Waals surface area contributed by atoms with Crippen LogP contribution in [0.1, 0.15) is 28.0 Å². The highest BCUT2D eigenvalue weighted by Gasteiger charge is 2.28. The summed E-state index contributed by atoms with van der Waals surface area (Å²) in [7, 11) is -1.22. The van der Waals surface area contributed by atoms with Crippen molar-refractivity contribution in [1.82, 2.24) is 4.98 Å². The van der Waals surface area contributed by atoms with Gasteiger partial charge >= 0.3 is 0 Å². The van der Waals surface area contributed by atoms with E-state index < -0.39 is 8.07 Å². The molecular formula is C10H16N2SSi.